The molecule has 0 radical (unpaired) electrons. The number of imidazole rings is 1. The van der Waals surface area contributed by atoms with Gasteiger partial charge in [-0.05, 0) is 30.3 Å². The summed E-state index contributed by atoms with van der Waals surface area (Å²) in [5.74, 6) is 0.217. The molecule has 0 aliphatic carbocycles. The Kier molecular flexibility index (Phi) is 3.58. The summed E-state index contributed by atoms with van der Waals surface area (Å²) < 4.78 is 21.3. The van der Waals surface area contributed by atoms with E-state index in [1.165, 1.54) is 6.07 Å². The number of methoxy groups -OCH3 is 1. The summed E-state index contributed by atoms with van der Waals surface area (Å²) in [4.78, 5) is 4.55. The molecular formula is C16H16FN3O. The zero-order chi connectivity index (χ0) is 14.8. The highest BCUT2D eigenvalue weighted by Gasteiger charge is 2.15. The minimum Gasteiger partial charge on any atom is -0.399 e. The highest BCUT2D eigenvalue weighted by Crippen LogP contribution is 2.27. The molecule has 0 unspecified atom stereocenters. The van der Waals surface area contributed by atoms with Crippen LogP contribution in [0.4, 0.5) is 10.1 Å². The average Bonchev–Trinajstić information content (AvgIpc) is 2.83. The number of anilines is 1. The van der Waals surface area contributed by atoms with Gasteiger partial charge in [0, 0.05) is 19.3 Å². The van der Waals surface area contributed by atoms with Gasteiger partial charge in [-0.25, -0.2) is 9.37 Å². The summed E-state index contributed by atoms with van der Waals surface area (Å²) in [7, 11) is 1.64. The number of benzene rings is 2. The maximum atomic E-state index is 14.2. The van der Waals surface area contributed by atoms with Gasteiger partial charge < -0.3 is 15.0 Å². The lowest BCUT2D eigenvalue weighted by Crippen LogP contribution is -2.06. The first-order valence-corrected chi connectivity index (χ1v) is 6.70. The van der Waals surface area contributed by atoms with Crippen LogP contribution < -0.4 is 5.73 Å². The van der Waals surface area contributed by atoms with Crippen molar-refractivity contribution in [2.45, 2.75) is 6.54 Å². The molecule has 0 saturated carbocycles. The SMILES string of the molecule is COCCn1c(-c2ccc(N)cc2F)nc2ccccc21. The van der Waals surface area contributed by atoms with Crippen LogP contribution in [0.1, 0.15) is 0 Å². The molecule has 2 aromatic carbocycles. The molecule has 0 atom stereocenters. The van der Waals surface area contributed by atoms with Gasteiger partial charge in [0.25, 0.3) is 0 Å². The Morgan fingerprint density at radius 1 is 1.24 bits per heavy atom. The molecule has 1 heterocycles. The normalized spacial score (nSPS) is 11.1. The van der Waals surface area contributed by atoms with Gasteiger partial charge in [0.15, 0.2) is 0 Å². The van der Waals surface area contributed by atoms with Gasteiger partial charge in [0.1, 0.15) is 11.6 Å². The molecule has 21 heavy (non-hydrogen) atoms. The molecule has 2 N–H and O–H groups in total. The van der Waals surface area contributed by atoms with Crippen molar-refractivity contribution < 1.29 is 9.13 Å². The zero-order valence-electron chi connectivity index (χ0n) is 11.7. The standard InChI is InChI=1S/C16H16FN3O/c1-21-9-8-20-15-5-3-2-4-14(15)19-16(20)12-7-6-11(18)10-13(12)17/h2-7,10H,8-9,18H2,1H3. The number of rotatable bonds is 4. The van der Waals surface area contributed by atoms with Gasteiger partial charge in [-0.2, -0.15) is 0 Å². The van der Waals surface area contributed by atoms with Crippen LogP contribution in [0.5, 0.6) is 0 Å². The summed E-state index contributed by atoms with van der Waals surface area (Å²) in [6, 6.07) is 12.4. The molecule has 3 rings (SSSR count). The van der Waals surface area contributed by atoms with Crippen LogP contribution in [0.25, 0.3) is 22.4 Å². The van der Waals surface area contributed by atoms with Crippen molar-refractivity contribution in [1.82, 2.24) is 9.55 Å². The van der Waals surface area contributed by atoms with E-state index >= 15 is 0 Å². The number of halogens is 1. The van der Waals surface area contributed by atoms with Crippen molar-refractivity contribution in [3.05, 3.63) is 48.3 Å². The molecule has 4 nitrogen and oxygen atoms in total. The third-order valence-corrected chi connectivity index (χ3v) is 3.41. The van der Waals surface area contributed by atoms with Crippen molar-refractivity contribution in [3.8, 4) is 11.4 Å². The summed E-state index contributed by atoms with van der Waals surface area (Å²) in [5, 5.41) is 0. The highest BCUT2D eigenvalue weighted by molar-refractivity contribution is 5.81. The largest absolute Gasteiger partial charge is 0.399 e. The van der Waals surface area contributed by atoms with E-state index in [0.29, 0.717) is 30.2 Å². The number of nitrogen functional groups attached to an aromatic ring is 1. The highest BCUT2D eigenvalue weighted by atomic mass is 19.1. The predicted octanol–water partition coefficient (Wildman–Crippen LogP) is 3.07. The van der Waals surface area contributed by atoms with Gasteiger partial charge in [-0.15, -0.1) is 0 Å². The Balaban J connectivity index is 2.20. The van der Waals surface area contributed by atoms with Crippen LogP contribution in [-0.2, 0) is 11.3 Å². The number of nitrogens with two attached hydrogens (primary N) is 1. The lowest BCUT2D eigenvalue weighted by Gasteiger charge is -2.09. The van der Waals surface area contributed by atoms with Crippen LogP contribution in [-0.4, -0.2) is 23.3 Å². The number of ether oxygens (including phenoxy) is 1. The Hall–Kier alpha value is -2.40. The van der Waals surface area contributed by atoms with E-state index in [-0.39, 0.29) is 5.82 Å². The smallest absolute Gasteiger partial charge is 0.144 e. The van der Waals surface area contributed by atoms with Crippen LogP contribution >= 0.6 is 0 Å². The van der Waals surface area contributed by atoms with Crippen molar-refractivity contribution in [3.63, 3.8) is 0 Å². The summed E-state index contributed by atoms with van der Waals surface area (Å²) >= 11 is 0. The molecule has 1 aromatic heterocycles. The molecule has 0 amide bonds. The summed E-state index contributed by atoms with van der Waals surface area (Å²) in [6.45, 7) is 1.14. The van der Waals surface area contributed by atoms with Gasteiger partial charge in [-0.3, -0.25) is 0 Å². The first-order valence-electron chi connectivity index (χ1n) is 6.70. The molecule has 0 saturated heterocycles. The van der Waals surface area contributed by atoms with Gasteiger partial charge in [-0.1, -0.05) is 12.1 Å². The Bertz CT molecular complexity index is 782. The molecule has 108 valence electrons. The fourth-order valence-electron chi connectivity index (χ4n) is 2.40. The molecule has 0 spiro atoms. The van der Waals surface area contributed by atoms with Crippen LogP contribution in [0.3, 0.4) is 0 Å². The minimum absolute atomic E-state index is 0.371. The molecular weight excluding hydrogens is 269 g/mol. The van der Waals surface area contributed by atoms with Crippen molar-refractivity contribution in [2.75, 3.05) is 19.5 Å². The van der Waals surface area contributed by atoms with E-state index in [1.54, 1.807) is 19.2 Å². The van der Waals surface area contributed by atoms with Crippen LogP contribution in [0.2, 0.25) is 0 Å². The Morgan fingerprint density at radius 3 is 2.81 bits per heavy atom. The number of hydrogen-bond acceptors (Lipinski definition) is 3. The summed E-state index contributed by atoms with van der Waals surface area (Å²) in [6.07, 6.45) is 0. The Morgan fingerprint density at radius 2 is 2.05 bits per heavy atom. The van der Waals surface area contributed by atoms with Crippen molar-refractivity contribution in [1.29, 1.82) is 0 Å². The number of nitrogens with zero attached hydrogens (tertiary/aromatic N) is 2. The van der Waals surface area contributed by atoms with Crippen LogP contribution in [0.15, 0.2) is 42.5 Å². The van der Waals surface area contributed by atoms with E-state index in [4.69, 9.17) is 10.5 Å². The van der Waals surface area contributed by atoms with E-state index < -0.39 is 0 Å². The predicted molar refractivity (Wildman–Crippen MR) is 81.4 cm³/mol. The molecule has 0 aliphatic rings. The Labute approximate surface area is 122 Å². The van der Waals surface area contributed by atoms with E-state index in [2.05, 4.69) is 4.98 Å². The second-order valence-corrected chi connectivity index (χ2v) is 4.81. The molecule has 0 bridgehead atoms. The number of para-hydroxylation sites is 2. The maximum absolute atomic E-state index is 14.2. The topological polar surface area (TPSA) is 53.1 Å². The van der Waals surface area contributed by atoms with E-state index in [1.807, 2.05) is 28.8 Å². The molecule has 3 aromatic rings. The average molecular weight is 285 g/mol. The molecule has 0 fully saturated rings. The van der Waals surface area contributed by atoms with Crippen molar-refractivity contribution >= 4 is 16.7 Å². The lowest BCUT2D eigenvalue weighted by atomic mass is 10.2. The minimum atomic E-state index is -0.371. The maximum Gasteiger partial charge on any atom is 0.144 e. The second kappa shape index (κ2) is 5.54. The first kappa shape index (κ1) is 13.6. The molecule has 0 aliphatic heterocycles. The third kappa shape index (κ3) is 2.48. The zero-order valence-corrected chi connectivity index (χ0v) is 11.7. The lowest BCUT2D eigenvalue weighted by molar-refractivity contribution is 0.188. The van der Waals surface area contributed by atoms with Gasteiger partial charge >= 0.3 is 0 Å². The van der Waals surface area contributed by atoms with Crippen molar-refractivity contribution in [2.24, 2.45) is 0 Å². The van der Waals surface area contributed by atoms with Gasteiger partial charge in [0.2, 0.25) is 0 Å². The molecule has 5 heteroatoms. The summed E-state index contributed by atoms with van der Waals surface area (Å²) in [5.41, 5.74) is 8.24. The number of hydrogen-bond donors (Lipinski definition) is 1. The monoisotopic (exact) mass is 285 g/mol. The number of fused-ring (bicyclic) bond motifs is 1. The first-order chi connectivity index (χ1) is 10.2. The third-order valence-electron chi connectivity index (χ3n) is 3.41. The second-order valence-electron chi connectivity index (χ2n) is 4.81. The van der Waals surface area contributed by atoms with E-state index in [0.717, 1.165) is 11.0 Å². The number of aromatic nitrogens is 2. The fourth-order valence-corrected chi connectivity index (χ4v) is 2.40. The quantitative estimate of drug-likeness (QED) is 0.749. The fraction of sp³-hybridized carbons (Fsp3) is 0.188. The van der Waals surface area contributed by atoms with Crippen LogP contribution in [0, 0.1) is 5.82 Å². The van der Waals surface area contributed by atoms with E-state index in [9.17, 15) is 4.39 Å². The van der Waals surface area contributed by atoms with Gasteiger partial charge in [0.05, 0.1) is 23.2 Å².